The number of nitrogens with zero attached hydrogens (tertiary/aromatic N) is 2. The summed E-state index contributed by atoms with van der Waals surface area (Å²) in [6.07, 6.45) is 10.4. The summed E-state index contributed by atoms with van der Waals surface area (Å²) < 4.78 is 13.3. The number of allylic oxidation sites excluding steroid dienone is 1. The molecule has 2 N–H and O–H groups in total. The lowest BCUT2D eigenvalue weighted by Crippen LogP contribution is -2.38. The third-order valence-electron chi connectivity index (χ3n) is 7.10. The summed E-state index contributed by atoms with van der Waals surface area (Å²) in [5.74, 6) is 1.42. The number of carbonyl (C=O) groups excluding carboxylic acids is 1. The van der Waals surface area contributed by atoms with Crippen molar-refractivity contribution in [1.29, 1.82) is 0 Å². The van der Waals surface area contributed by atoms with Crippen LogP contribution >= 0.6 is 12.1 Å². The molecule has 0 radical (unpaired) electrons. The van der Waals surface area contributed by atoms with Gasteiger partial charge in [-0.2, -0.15) is 3.89 Å². The van der Waals surface area contributed by atoms with Crippen molar-refractivity contribution in [3.8, 4) is 0 Å². The first-order chi connectivity index (χ1) is 18.5. The molecular formula is C31H39FN4OS. The number of amidine groups is 1. The molecule has 2 aromatic carbocycles. The standard InChI is InChI=1S/C18H23FN4S.C13H16O/c1-5-16(24-19)18-22-15(14-9-7-6-8-13(14)2)12-17(23(18)4)21-11-10-20-3;14-11-13(9-5-2-6-10-13)12-7-3-1-4-8-12/h5-9,12,20,22H,1,10-11H2,2-4H3;1,3-4,7-8,11H,2,5-6,9-10H2/b18-16+,21-17?;. The van der Waals surface area contributed by atoms with E-state index in [-0.39, 0.29) is 17.6 Å². The third kappa shape index (κ3) is 7.23. The molecule has 38 heavy (non-hydrogen) atoms. The number of aldehydes is 1. The lowest BCUT2D eigenvalue weighted by atomic mass is 9.70. The first-order valence-corrected chi connectivity index (χ1v) is 13.9. The Hall–Kier alpha value is -3.16. The van der Waals surface area contributed by atoms with E-state index < -0.39 is 0 Å². The van der Waals surface area contributed by atoms with E-state index in [1.807, 2.05) is 61.5 Å². The molecule has 7 heteroatoms. The van der Waals surface area contributed by atoms with Crippen LogP contribution in [0.25, 0.3) is 5.70 Å². The van der Waals surface area contributed by atoms with Crippen LogP contribution < -0.4 is 10.6 Å². The van der Waals surface area contributed by atoms with E-state index in [2.05, 4.69) is 47.3 Å². The molecule has 0 spiro atoms. The van der Waals surface area contributed by atoms with Crippen molar-refractivity contribution in [3.05, 3.63) is 101 Å². The number of hydrogen-bond acceptors (Lipinski definition) is 5. The normalized spacial score (nSPS) is 19.0. The molecule has 1 aliphatic carbocycles. The summed E-state index contributed by atoms with van der Waals surface area (Å²) in [4.78, 5) is 18.2. The van der Waals surface area contributed by atoms with Gasteiger partial charge in [-0.25, -0.2) is 0 Å². The summed E-state index contributed by atoms with van der Waals surface area (Å²) in [5, 5.41) is 6.40. The van der Waals surface area contributed by atoms with E-state index in [1.54, 1.807) is 0 Å². The molecular weight excluding hydrogens is 495 g/mol. The van der Waals surface area contributed by atoms with Gasteiger partial charge in [0.1, 0.15) is 17.9 Å². The zero-order valence-corrected chi connectivity index (χ0v) is 23.5. The summed E-state index contributed by atoms with van der Waals surface area (Å²) in [5.41, 5.74) is 4.14. The minimum absolute atomic E-state index is 0.167. The second-order valence-electron chi connectivity index (χ2n) is 9.60. The van der Waals surface area contributed by atoms with Gasteiger partial charge in [0.25, 0.3) is 0 Å². The average Bonchev–Trinajstić information content (AvgIpc) is 2.97. The molecule has 0 saturated heterocycles. The predicted molar refractivity (Wildman–Crippen MR) is 159 cm³/mol. The van der Waals surface area contributed by atoms with Crippen molar-refractivity contribution in [2.24, 2.45) is 4.99 Å². The van der Waals surface area contributed by atoms with Crippen molar-refractivity contribution in [2.45, 2.75) is 44.4 Å². The number of carbonyl (C=O) groups is 1. The van der Waals surface area contributed by atoms with Crippen LogP contribution in [0.3, 0.4) is 0 Å². The fraction of sp³-hybridized carbons (Fsp3) is 0.355. The van der Waals surface area contributed by atoms with Crippen LogP contribution in [-0.4, -0.2) is 44.2 Å². The van der Waals surface area contributed by atoms with Crippen molar-refractivity contribution < 1.29 is 8.68 Å². The molecule has 5 nitrogen and oxygen atoms in total. The minimum atomic E-state index is -0.167. The molecule has 1 aliphatic heterocycles. The number of halogens is 1. The Labute approximate surface area is 231 Å². The molecule has 1 fully saturated rings. The Balaban J connectivity index is 0.000000241. The highest BCUT2D eigenvalue weighted by molar-refractivity contribution is 7.98. The molecule has 4 rings (SSSR count). The summed E-state index contributed by atoms with van der Waals surface area (Å²) in [7, 11) is 3.76. The van der Waals surface area contributed by atoms with E-state index in [9.17, 15) is 8.68 Å². The van der Waals surface area contributed by atoms with E-state index in [1.165, 1.54) is 37.2 Å². The molecule has 0 atom stereocenters. The smallest absolute Gasteiger partial charge is 0.130 e. The molecule has 0 bridgehead atoms. The van der Waals surface area contributed by atoms with Gasteiger partial charge in [-0.1, -0.05) is 80.4 Å². The van der Waals surface area contributed by atoms with Crippen LogP contribution in [0, 0.1) is 6.92 Å². The summed E-state index contributed by atoms with van der Waals surface area (Å²) in [6, 6.07) is 18.3. The lowest BCUT2D eigenvalue weighted by molar-refractivity contribution is -0.113. The van der Waals surface area contributed by atoms with Gasteiger partial charge < -0.3 is 20.3 Å². The topological polar surface area (TPSA) is 56.7 Å². The van der Waals surface area contributed by atoms with Crippen LogP contribution in [0.5, 0.6) is 0 Å². The van der Waals surface area contributed by atoms with Gasteiger partial charge >= 0.3 is 0 Å². The number of hydrogen-bond donors (Lipinski definition) is 2. The van der Waals surface area contributed by atoms with Crippen LogP contribution in [0.2, 0.25) is 0 Å². The predicted octanol–water partition coefficient (Wildman–Crippen LogP) is 6.55. The zero-order chi connectivity index (χ0) is 27.4. The number of benzene rings is 2. The molecule has 2 aromatic rings. The first kappa shape index (κ1) is 29.4. The van der Waals surface area contributed by atoms with Gasteiger partial charge in [0.15, 0.2) is 0 Å². The monoisotopic (exact) mass is 534 g/mol. The maximum Gasteiger partial charge on any atom is 0.130 e. The number of rotatable bonds is 8. The largest absolute Gasteiger partial charge is 0.340 e. The fourth-order valence-electron chi connectivity index (χ4n) is 4.86. The minimum Gasteiger partial charge on any atom is -0.340 e. The zero-order valence-electron chi connectivity index (χ0n) is 22.7. The van der Waals surface area contributed by atoms with Crippen molar-refractivity contribution in [2.75, 3.05) is 27.2 Å². The van der Waals surface area contributed by atoms with E-state index in [0.29, 0.717) is 17.3 Å². The molecule has 202 valence electrons. The number of aryl methyl sites for hydroxylation is 1. The van der Waals surface area contributed by atoms with Gasteiger partial charge in [-0.15, -0.1) is 0 Å². The van der Waals surface area contributed by atoms with Crippen molar-refractivity contribution in [3.63, 3.8) is 0 Å². The van der Waals surface area contributed by atoms with Gasteiger partial charge in [0, 0.05) is 25.2 Å². The molecule has 1 heterocycles. The Morgan fingerprint density at radius 2 is 1.84 bits per heavy atom. The highest BCUT2D eigenvalue weighted by Gasteiger charge is 2.33. The van der Waals surface area contributed by atoms with Crippen LogP contribution in [0.1, 0.15) is 48.8 Å². The highest BCUT2D eigenvalue weighted by atomic mass is 32.2. The second-order valence-corrected chi connectivity index (χ2v) is 10.2. The van der Waals surface area contributed by atoms with Crippen molar-refractivity contribution >= 4 is 30.0 Å². The molecule has 0 aromatic heterocycles. The second kappa shape index (κ2) is 14.7. The highest BCUT2D eigenvalue weighted by Crippen LogP contribution is 2.37. The maximum absolute atomic E-state index is 13.3. The van der Waals surface area contributed by atoms with Crippen LogP contribution in [0.4, 0.5) is 3.89 Å². The van der Waals surface area contributed by atoms with E-state index in [4.69, 9.17) is 0 Å². The molecule has 0 unspecified atom stereocenters. The molecule has 2 aliphatic rings. The first-order valence-electron chi connectivity index (χ1n) is 13.1. The summed E-state index contributed by atoms with van der Waals surface area (Å²) in [6.45, 7) is 7.18. The fourth-order valence-corrected chi connectivity index (χ4v) is 5.19. The Kier molecular flexibility index (Phi) is 11.4. The van der Waals surface area contributed by atoms with Gasteiger partial charge in [0.2, 0.25) is 0 Å². The molecule has 1 saturated carbocycles. The van der Waals surface area contributed by atoms with Gasteiger partial charge in [-0.3, -0.25) is 4.99 Å². The summed E-state index contributed by atoms with van der Waals surface area (Å²) >= 11 is 0.175. The van der Waals surface area contributed by atoms with Crippen LogP contribution in [0.15, 0.2) is 89.0 Å². The number of likely N-dealkylation sites (N-methyl/N-ethyl adjacent to an activating group) is 2. The Bertz CT molecular complexity index is 1170. The maximum atomic E-state index is 13.3. The number of nitrogens with one attached hydrogen (secondary N) is 2. The SMILES string of the molecule is C=C/C(SF)=C1/NC(c2ccccc2C)=CC(=NCCNC)N1C.O=CC1(c2ccccc2)CCCCC1. The van der Waals surface area contributed by atoms with Gasteiger partial charge in [-0.05, 0) is 44.0 Å². The van der Waals surface area contributed by atoms with Gasteiger partial charge in [0.05, 0.1) is 34.7 Å². The van der Waals surface area contributed by atoms with E-state index >= 15 is 0 Å². The quantitative estimate of drug-likeness (QED) is 0.297. The van der Waals surface area contributed by atoms with E-state index in [0.717, 1.165) is 42.0 Å². The number of aliphatic imine (C=N–C) groups is 1. The third-order valence-corrected chi connectivity index (χ3v) is 7.62. The Morgan fingerprint density at radius 1 is 1.16 bits per heavy atom. The molecule has 0 amide bonds. The van der Waals surface area contributed by atoms with Crippen molar-refractivity contribution in [1.82, 2.24) is 15.5 Å². The lowest BCUT2D eigenvalue weighted by Gasteiger charge is -2.32. The average molecular weight is 535 g/mol. The van der Waals surface area contributed by atoms with Crippen LogP contribution in [-0.2, 0) is 10.2 Å². The Morgan fingerprint density at radius 3 is 2.45 bits per heavy atom.